The molecular formula is C24H19NO2. The number of ether oxygens (including phenoxy) is 1. The summed E-state index contributed by atoms with van der Waals surface area (Å²) >= 11 is 0. The zero-order valence-electron chi connectivity index (χ0n) is 15.0. The van der Waals surface area contributed by atoms with E-state index in [0.717, 1.165) is 33.8 Å². The average Bonchev–Trinajstić information content (AvgIpc) is 3.24. The highest BCUT2D eigenvalue weighted by Crippen LogP contribution is 2.26. The van der Waals surface area contributed by atoms with E-state index >= 15 is 0 Å². The summed E-state index contributed by atoms with van der Waals surface area (Å²) in [5.74, 6) is 2.25. The molecule has 0 unspecified atom stereocenters. The van der Waals surface area contributed by atoms with Crippen LogP contribution in [0.4, 0.5) is 0 Å². The van der Waals surface area contributed by atoms with E-state index in [1.54, 1.807) is 13.3 Å². The van der Waals surface area contributed by atoms with E-state index in [4.69, 9.17) is 9.15 Å². The summed E-state index contributed by atoms with van der Waals surface area (Å²) in [7, 11) is 1.68. The van der Waals surface area contributed by atoms with Crippen LogP contribution in [-0.4, -0.2) is 12.1 Å². The zero-order valence-corrected chi connectivity index (χ0v) is 15.0. The third-order valence-corrected chi connectivity index (χ3v) is 4.32. The van der Waals surface area contributed by atoms with Gasteiger partial charge in [-0.3, -0.25) is 0 Å². The van der Waals surface area contributed by atoms with E-state index in [-0.39, 0.29) is 0 Å². The lowest BCUT2D eigenvalue weighted by molar-refractivity contribution is 0.414. The van der Waals surface area contributed by atoms with Gasteiger partial charge in [-0.2, -0.15) is 0 Å². The Labute approximate surface area is 158 Å². The maximum Gasteiger partial charge on any atom is 0.226 e. The molecule has 0 fully saturated rings. The smallest absolute Gasteiger partial charge is 0.226 e. The largest absolute Gasteiger partial charge is 0.496 e. The number of hydrogen-bond donors (Lipinski definition) is 0. The molecule has 0 aliphatic carbocycles. The molecule has 0 N–H and O–H groups in total. The number of nitrogens with zero attached hydrogens (tertiary/aromatic N) is 1. The first-order valence-electron chi connectivity index (χ1n) is 8.76. The second-order valence-electron chi connectivity index (χ2n) is 6.09. The minimum atomic E-state index is 0.620. The monoisotopic (exact) mass is 353 g/mol. The fourth-order valence-electron chi connectivity index (χ4n) is 2.87. The van der Waals surface area contributed by atoms with Crippen molar-refractivity contribution in [3.05, 3.63) is 96.2 Å². The van der Waals surface area contributed by atoms with Gasteiger partial charge in [-0.1, -0.05) is 72.8 Å². The SMILES string of the molecule is COc1ccccc1/C=C/c1ccc(-c2ncc(-c3ccccc3)o2)cc1. The first-order valence-corrected chi connectivity index (χ1v) is 8.76. The first kappa shape index (κ1) is 16.9. The molecule has 4 aromatic rings. The van der Waals surface area contributed by atoms with E-state index in [1.165, 1.54) is 0 Å². The molecule has 27 heavy (non-hydrogen) atoms. The van der Waals surface area contributed by atoms with Crippen LogP contribution >= 0.6 is 0 Å². The quantitative estimate of drug-likeness (QED) is 0.401. The molecule has 0 aliphatic rings. The molecule has 0 atom stereocenters. The van der Waals surface area contributed by atoms with Gasteiger partial charge in [0, 0.05) is 16.7 Å². The van der Waals surface area contributed by atoms with Gasteiger partial charge in [-0.05, 0) is 23.8 Å². The van der Waals surface area contributed by atoms with Crippen LogP contribution < -0.4 is 4.74 Å². The normalized spacial score (nSPS) is 11.0. The minimum Gasteiger partial charge on any atom is -0.496 e. The number of hydrogen-bond acceptors (Lipinski definition) is 3. The Balaban J connectivity index is 1.53. The van der Waals surface area contributed by atoms with Crippen LogP contribution in [0.15, 0.2) is 89.5 Å². The topological polar surface area (TPSA) is 35.3 Å². The van der Waals surface area contributed by atoms with E-state index in [9.17, 15) is 0 Å². The molecule has 3 nitrogen and oxygen atoms in total. The van der Waals surface area contributed by atoms with Gasteiger partial charge >= 0.3 is 0 Å². The van der Waals surface area contributed by atoms with E-state index in [1.807, 2.05) is 84.9 Å². The molecule has 1 heterocycles. The van der Waals surface area contributed by atoms with Gasteiger partial charge in [0.25, 0.3) is 0 Å². The summed E-state index contributed by atoms with van der Waals surface area (Å²) in [6.45, 7) is 0. The minimum absolute atomic E-state index is 0.620. The van der Waals surface area contributed by atoms with Crippen LogP contribution in [-0.2, 0) is 0 Å². The molecule has 0 saturated carbocycles. The Kier molecular flexibility index (Phi) is 4.84. The lowest BCUT2D eigenvalue weighted by atomic mass is 10.1. The van der Waals surface area contributed by atoms with Crippen molar-refractivity contribution in [2.75, 3.05) is 7.11 Å². The predicted molar refractivity (Wildman–Crippen MR) is 109 cm³/mol. The average molecular weight is 353 g/mol. The maximum atomic E-state index is 5.91. The highest BCUT2D eigenvalue weighted by molar-refractivity contribution is 5.73. The Bertz CT molecular complexity index is 1050. The third-order valence-electron chi connectivity index (χ3n) is 4.32. The van der Waals surface area contributed by atoms with Crippen LogP contribution in [0, 0.1) is 0 Å². The predicted octanol–water partition coefficient (Wildman–Crippen LogP) is 6.19. The highest BCUT2D eigenvalue weighted by Gasteiger charge is 2.08. The van der Waals surface area contributed by atoms with Gasteiger partial charge in [0.1, 0.15) is 5.75 Å². The Morgan fingerprint density at radius 1 is 0.778 bits per heavy atom. The summed E-state index contributed by atoms with van der Waals surface area (Å²) < 4.78 is 11.3. The first-order chi connectivity index (χ1) is 13.3. The molecule has 0 saturated heterocycles. The van der Waals surface area contributed by atoms with Gasteiger partial charge in [0.15, 0.2) is 5.76 Å². The van der Waals surface area contributed by atoms with E-state index < -0.39 is 0 Å². The van der Waals surface area contributed by atoms with E-state index in [2.05, 4.69) is 11.1 Å². The fraction of sp³-hybridized carbons (Fsp3) is 0.0417. The number of oxazole rings is 1. The Morgan fingerprint density at radius 3 is 2.30 bits per heavy atom. The summed E-state index contributed by atoms with van der Waals surface area (Å²) in [5, 5.41) is 0. The summed E-state index contributed by atoms with van der Waals surface area (Å²) in [5.41, 5.74) is 4.11. The molecule has 3 heteroatoms. The second-order valence-corrected chi connectivity index (χ2v) is 6.09. The zero-order chi connectivity index (χ0) is 18.5. The third kappa shape index (κ3) is 3.82. The van der Waals surface area contributed by atoms with Crippen LogP contribution in [0.2, 0.25) is 0 Å². The van der Waals surface area contributed by atoms with Crippen molar-refractivity contribution in [1.29, 1.82) is 0 Å². The van der Waals surface area contributed by atoms with Crippen LogP contribution in [0.3, 0.4) is 0 Å². The summed E-state index contributed by atoms with van der Waals surface area (Å²) in [6, 6.07) is 26.1. The number of rotatable bonds is 5. The molecule has 132 valence electrons. The van der Waals surface area contributed by atoms with Crippen molar-refractivity contribution in [3.63, 3.8) is 0 Å². The number of aromatic nitrogens is 1. The number of benzene rings is 3. The second kappa shape index (κ2) is 7.75. The lowest BCUT2D eigenvalue weighted by Crippen LogP contribution is -1.85. The van der Waals surface area contributed by atoms with Crippen LogP contribution in [0.5, 0.6) is 5.75 Å². The van der Waals surface area contributed by atoms with Crippen molar-refractivity contribution in [1.82, 2.24) is 4.98 Å². The Hall–Kier alpha value is -3.59. The lowest BCUT2D eigenvalue weighted by Gasteiger charge is -2.03. The molecule has 0 aliphatic heterocycles. The molecular weight excluding hydrogens is 334 g/mol. The molecule has 0 bridgehead atoms. The van der Waals surface area contributed by atoms with Crippen molar-refractivity contribution < 1.29 is 9.15 Å². The highest BCUT2D eigenvalue weighted by atomic mass is 16.5. The van der Waals surface area contributed by atoms with Crippen molar-refractivity contribution in [2.24, 2.45) is 0 Å². The van der Waals surface area contributed by atoms with Crippen LogP contribution in [0.1, 0.15) is 11.1 Å². The molecule has 1 aromatic heterocycles. The molecule has 0 amide bonds. The molecule has 0 radical (unpaired) electrons. The van der Waals surface area contributed by atoms with Crippen molar-refractivity contribution in [3.8, 4) is 28.5 Å². The van der Waals surface area contributed by atoms with E-state index in [0.29, 0.717) is 5.89 Å². The van der Waals surface area contributed by atoms with Gasteiger partial charge < -0.3 is 9.15 Å². The van der Waals surface area contributed by atoms with Gasteiger partial charge in [0.05, 0.1) is 13.3 Å². The summed E-state index contributed by atoms with van der Waals surface area (Å²) in [6.07, 6.45) is 5.87. The number of methoxy groups -OCH3 is 1. The summed E-state index contributed by atoms with van der Waals surface area (Å²) in [4.78, 5) is 4.41. The van der Waals surface area contributed by atoms with Crippen LogP contribution in [0.25, 0.3) is 34.9 Å². The van der Waals surface area contributed by atoms with Crippen molar-refractivity contribution >= 4 is 12.2 Å². The van der Waals surface area contributed by atoms with Gasteiger partial charge in [0.2, 0.25) is 5.89 Å². The Morgan fingerprint density at radius 2 is 1.52 bits per heavy atom. The molecule has 0 spiro atoms. The molecule has 4 rings (SSSR count). The fourth-order valence-corrected chi connectivity index (χ4v) is 2.87. The van der Waals surface area contributed by atoms with Gasteiger partial charge in [-0.15, -0.1) is 0 Å². The van der Waals surface area contributed by atoms with Gasteiger partial charge in [-0.25, -0.2) is 4.98 Å². The number of para-hydroxylation sites is 1. The molecule has 3 aromatic carbocycles. The maximum absolute atomic E-state index is 5.91. The van der Waals surface area contributed by atoms with Crippen molar-refractivity contribution in [2.45, 2.75) is 0 Å². The standard InChI is InChI=1S/C24H19NO2/c1-26-22-10-6-5-9-20(22)14-11-18-12-15-21(16-13-18)24-25-17-23(27-24)19-7-3-2-4-8-19/h2-17H,1H3/b14-11+.